The minimum absolute atomic E-state index is 0.213. The van der Waals surface area contributed by atoms with Gasteiger partial charge in [0, 0.05) is 11.8 Å². The highest BCUT2D eigenvalue weighted by molar-refractivity contribution is 8.00. The van der Waals surface area contributed by atoms with Gasteiger partial charge < -0.3 is 9.64 Å². The van der Waals surface area contributed by atoms with E-state index in [4.69, 9.17) is 4.74 Å². The Labute approximate surface area is 163 Å². The zero-order valence-electron chi connectivity index (χ0n) is 16.2. The van der Waals surface area contributed by atoms with Crippen LogP contribution < -0.4 is 5.32 Å². The van der Waals surface area contributed by atoms with Crippen molar-refractivity contribution in [3.05, 3.63) is 0 Å². The third-order valence-electron chi connectivity index (χ3n) is 7.09. The van der Waals surface area contributed by atoms with Crippen LogP contribution in [0, 0.1) is 11.8 Å². The number of ether oxygens (including phenoxy) is 1. The van der Waals surface area contributed by atoms with Crippen LogP contribution >= 0.6 is 11.8 Å². The van der Waals surface area contributed by atoms with Crippen LogP contribution in [0.4, 0.5) is 0 Å². The second-order valence-electron chi connectivity index (χ2n) is 8.84. The Morgan fingerprint density at radius 3 is 2.73 bits per heavy atom. The summed E-state index contributed by atoms with van der Waals surface area (Å²) in [6, 6.07) is 0. The van der Waals surface area contributed by atoms with E-state index in [-0.39, 0.29) is 18.7 Å². The first-order valence-corrected chi connectivity index (χ1v) is 12.1. The van der Waals surface area contributed by atoms with Gasteiger partial charge in [0.05, 0.1) is 12.3 Å². The number of carbonyl (C=O) groups is 1. The normalized spacial score (nSPS) is 37.5. The standard InChI is InChI=1S/C21H36N2O2S/c24-21(15-25-18-10-9-16-5-3-6-17(16)13-18)23(14-19-7-4-12-26-19)20-8-1-2-11-22-20/h16-20,22H,1-15H2. The highest BCUT2D eigenvalue weighted by atomic mass is 32.2. The molecule has 4 rings (SSSR count). The number of amides is 1. The van der Waals surface area contributed by atoms with Crippen molar-refractivity contribution in [2.75, 3.05) is 25.4 Å². The van der Waals surface area contributed by atoms with Gasteiger partial charge in [0.2, 0.25) is 5.91 Å². The van der Waals surface area contributed by atoms with Gasteiger partial charge in [-0.1, -0.05) is 19.3 Å². The summed E-state index contributed by atoms with van der Waals surface area (Å²) in [5, 5.41) is 4.20. The molecular formula is C21H36N2O2S. The molecule has 0 spiro atoms. The number of piperidine rings is 1. The Balaban J connectivity index is 1.29. The van der Waals surface area contributed by atoms with Crippen molar-refractivity contribution in [2.24, 2.45) is 11.8 Å². The number of thioether (sulfide) groups is 1. The van der Waals surface area contributed by atoms with Crippen molar-refractivity contribution in [3.8, 4) is 0 Å². The lowest BCUT2D eigenvalue weighted by molar-refractivity contribution is -0.143. The molecule has 26 heavy (non-hydrogen) atoms. The molecular weight excluding hydrogens is 344 g/mol. The summed E-state index contributed by atoms with van der Waals surface area (Å²) in [6.45, 7) is 2.23. The van der Waals surface area contributed by atoms with Gasteiger partial charge in [0.1, 0.15) is 6.61 Å². The Morgan fingerprint density at radius 1 is 1.00 bits per heavy atom. The predicted molar refractivity (Wildman–Crippen MR) is 107 cm³/mol. The molecule has 2 saturated carbocycles. The Hall–Kier alpha value is -0.260. The third kappa shape index (κ3) is 4.77. The Morgan fingerprint density at radius 2 is 1.92 bits per heavy atom. The van der Waals surface area contributed by atoms with Gasteiger partial charge in [-0.05, 0) is 75.5 Å². The van der Waals surface area contributed by atoms with E-state index >= 15 is 0 Å². The summed E-state index contributed by atoms with van der Waals surface area (Å²) in [4.78, 5) is 15.2. The van der Waals surface area contributed by atoms with Crippen LogP contribution in [-0.4, -0.2) is 53.8 Å². The average Bonchev–Trinajstić information content (AvgIpc) is 3.36. The molecule has 4 fully saturated rings. The molecule has 0 aromatic heterocycles. The fraction of sp³-hybridized carbons (Fsp3) is 0.952. The molecule has 1 N–H and O–H groups in total. The summed E-state index contributed by atoms with van der Waals surface area (Å²) in [7, 11) is 0. The lowest BCUT2D eigenvalue weighted by Crippen LogP contribution is -2.53. The summed E-state index contributed by atoms with van der Waals surface area (Å²) in [5.41, 5.74) is 0. The van der Waals surface area contributed by atoms with Gasteiger partial charge in [-0.25, -0.2) is 0 Å². The molecule has 5 unspecified atom stereocenters. The monoisotopic (exact) mass is 380 g/mol. The fourth-order valence-corrected chi connectivity index (χ4v) is 6.86. The van der Waals surface area contributed by atoms with Crippen LogP contribution in [0.1, 0.15) is 70.6 Å². The largest absolute Gasteiger partial charge is 0.368 e. The zero-order chi connectivity index (χ0) is 17.8. The molecule has 5 heteroatoms. The first-order valence-electron chi connectivity index (χ1n) is 11.1. The highest BCUT2D eigenvalue weighted by Gasteiger charge is 2.35. The molecule has 0 radical (unpaired) electrons. The van der Waals surface area contributed by atoms with Gasteiger partial charge >= 0.3 is 0 Å². The molecule has 5 atom stereocenters. The minimum atomic E-state index is 0.213. The van der Waals surface area contributed by atoms with E-state index in [1.165, 1.54) is 63.5 Å². The van der Waals surface area contributed by atoms with Crippen LogP contribution in [0.3, 0.4) is 0 Å². The van der Waals surface area contributed by atoms with Gasteiger partial charge in [0.25, 0.3) is 0 Å². The van der Waals surface area contributed by atoms with Crippen molar-refractivity contribution >= 4 is 17.7 Å². The van der Waals surface area contributed by atoms with Crippen LogP contribution in [-0.2, 0) is 9.53 Å². The second-order valence-corrected chi connectivity index (χ2v) is 10.3. The Bertz CT molecular complexity index is 463. The molecule has 0 aromatic carbocycles. The fourth-order valence-electron chi connectivity index (χ4n) is 5.59. The molecule has 0 bridgehead atoms. The number of carbonyl (C=O) groups excluding carboxylic acids is 1. The van der Waals surface area contributed by atoms with E-state index < -0.39 is 0 Å². The summed E-state index contributed by atoms with van der Waals surface area (Å²) in [5.74, 6) is 3.29. The second kappa shape index (κ2) is 9.29. The maximum absolute atomic E-state index is 13.1. The predicted octanol–water partition coefficient (Wildman–Crippen LogP) is 3.80. The first-order chi connectivity index (χ1) is 12.8. The van der Waals surface area contributed by atoms with Crippen LogP contribution in [0.15, 0.2) is 0 Å². The first kappa shape index (κ1) is 19.1. The van der Waals surface area contributed by atoms with Crippen molar-refractivity contribution in [3.63, 3.8) is 0 Å². The molecule has 4 aliphatic rings. The molecule has 0 aromatic rings. The van der Waals surface area contributed by atoms with E-state index in [0.717, 1.165) is 37.8 Å². The van der Waals surface area contributed by atoms with Crippen molar-refractivity contribution in [1.29, 1.82) is 0 Å². The molecule has 4 nitrogen and oxygen atoms in total. The lowest BCUT2D eigenvalue weighted by atomic mass is 9.80. The molecule has 2 aliphatic carbocycles. The number of nitrogens with zero attached hydrogens (tertiary/aromatic N) is 1. The van der Waals surface area contributed by atoms with E-state index in [0.29, 0.717) is 11.4 Å². The lowest BCUT2D eigenvalue weighted by Gasteiger charge is -2.37. The van der Waals surface area contributed by atoms with E-state index in [1.54, 1.807) is 0 Å². The highest BCUT2D eigenvalue weighted by Crippen LogP contribution is 2.42. The number of nitrogens with one attached hydrogen (secondary N) is 1. The molecule has 148 valence electrons. The van der Waals surface area contributed by atoms with Crippen molar-refractivity contribution < 1.29 is 9.53 Å². The van der Waals surface area contributed by atoms with Crippen LogP contribution in [0.2, 0.25) is 0 Å². The maximum Gasteiger partial charge on any atom is 0.249 e. The van der Waals surface area contributed by atoms with Crippen LogP contribution in [0.25, 0.3) is 0 Å². The van der Waals surface area contributed by atoms with Gasteiger partial charge in [-0.3, -0.25) is 10.1 Å². The number of rotatable bonds is 6. The van der Waals surface area contributed by atoms with E-state index in [1.807, 2.05) is 11.8 Å². The van der Waals surface area contributed by atoms with E-state index in [9.17, 15) is 4.79 Å². The Kier molecular flexibility index (Phi) is 6.82. The van der Waals surface area contributed by atoms with Crippen molar-refractivity contribution in [1.82, 2.24) is 10.2 Å². The van der Waals surface area contributed by atoms with Gasteiger partial charge in [-0.15, -0.1) is 0 Å². The molecule has 2 heterocycles. The van der Waals surface area contributed by atoms with Gasteiger partial charge in [-0.2, -0.15) is 11.8 Å². The average molecular weight is 381 g/mol. The number of hydrogen-bond donors (Lipinski definition) is 1. The van der Waals surface area contributed by atoms with Gasteiger partial charge in [0.15, 0.2) is 0 Å². The quantitative estimate of drug-likeness (QED) is 0.761. The molecule has 2 aliphatic heterocycles. The molecule has 2 saturated heterocycles. The smallest absolute Gasteiger partial charge is 0.249 e. The zero-order valence-corrected chi connectivity index (χ0v) is 17.0. The topological polar surface area (TPSA) is 41.6 Å². The SMILES string of the molecule is O=C(COC1CCC2CCCC2C1)N(CC1CCCS1)C1CCCCN1. The maximum atomic E-state index is 13.1. The van der Waals surface area contributed by atoms with Crippen molar-refractivity contribution in [2.45, 2.75) is 88.1 Å². The third-order valence-corrected chi connectivity index (χ3v) is 8.47. The summed E-state index contributed by atoms with van der Waals surface area (Å²) >= 11 is 2.05. The number of fused-ring (bicyclic) bond motifs is 1. The minimum Gasteiger partial charge on any atom is -0.368 e. The summed E-state index contributed by atoms with van der Waals surface area (Å²) in [6.07, 6.45) is 14.5. The van der Waals surface area contributed by atoms with E-state index in [2.05, 4.69) is 10.2 Å². The van der Waals surface area contributed by atoms with Crippen LogP contribution in [0.5, 0.6) is 0 Å². The summed E-state index contributed by atoms with van der Waals surface area (Å²) < 4.78 is 6.16. The number of hydrogen-bond acceptors (Lipinski definition) is 4. The molecule has 1 amide bonds.